The van der Waals surface area contributed by atoms with E-state index in [1.165, 1.54) is 23.5 Å². The van der Waals surface area contributed by atoms with Crippen LogP contribution in [0.1, 0.15) is 23.5 Å². The third-order valence-electron chi connectivity index (χ3n) is 5.43. The average Bonchev–Trinajstić information content (AvgIpc) is 3.24. The minimum atomic E-state index is -4.89. The number of fused-ring (bicyclic) bond motifs is 1. The molecule has 1 amide bonds. The fourth-order valence-electron chi connectivity index (χ4n) is 3.90. The Hall–Kier alpha value is -3.68. The Balaban J connectivity index is 1.60. The fourth-order valence-corrected chi connectivity index (χ4v) is 5.62. The number of amides is 1. The summed E-state index contributed by atoms with van der Waals surface area (Å²) in [4.78, 5) is 15.0. The molecule has 218 valence electrons. The Morgan fingerprint density at radius 1 is 0.976 bits per heavy atom. The van der Waals surface area contributed by atoms with E-state index in [2.05, 4.69) is 14.8 Å². The molecule has 14 heteroatoms. The van der Waals surface area contributed by atoms with E-state index in [0.29, 0.717) is 33.0 Å². The number of hydrogen-bond acceptors (Lipinski definition) is 7. The molecule has 3 aromatic carbocycles. The van der Waals surface area contributed by atoms with Gasteiger partial charge < -0.3 is 19.7 Å². The molecule has 2 N–H and O–H groups in total. The van der Waals surface area contributed by atoms with Gasteiger partial charge in [-0.25, -0.2) is 8.42 Å². The SMILES string of the molecule is CC(C)Oc1cc(OC(F)(F)F)cc(N(C)c2cc(Cl)cc(NC(=O)c3cc4cc(NS(C)(=O)=O)ccc4s3)c2)c1. The second-order valence-corrected chi connectivity index (χ2v) is 12.6. The summed E-state index contributed by atoms with van der Waals surface area (Å²) >= 11 is 7.56. The van der Waals surface area contributed by atoms with Gasteiger partial charge in [0.2, 0.25) is 10.0 Å². The van der Waals surface area contributed by atoms with Crippen molar-refractivity contribution in [2.24, 2.45) is 0 Å². The maximum absolute atomic E-state index is 13.1. The molecule has 8 nitrogen and oxygen atoms in total. The van der Waals surface area contributed by atoms with Crippen molar-refractivity contribution in [3.05, 3.63) is 70.6 Å². The van der Waals surface area contributed by atoms with E-state index in [4.69, 9.17) is 16.3 Å². The molecular weight excluding hydrogens is 603 g/mol. The van der Waals surface area contributed by atoms with Crippen LogP contribution in [0.5, 0.6) is 11.5 Å². The zero-order valence-corrected chi connectivity index (χ0v) is 24.6. The highest BCUT2D eigenvalue weighted by atomic mass is 35.5. The van der Waals surface area contributed by atoms with E-state index in [1.54, 1.807) is 68.3 Å². The van der Waals surface area contributed by atoms with Gasteiger partial charge in [-0.2, -0.15) is 0 Å². The predicted octanol–water partition coefficient (Wildman–Crippen LogP) is 7.63. The molecule has 1 aromatic heterocycles. The molecule has 0 aliphatic carbocycles. The summed E-state index contributed by atoms with van der Waals surface area (Å²) < 4.78 is 74.8. The number of hydrogen-bond donors (Lipinski definition) is 2. The van der Waals surface area contributed by atoms with E-state index >= 15 is 0 Å². The first kappa shape index (κ1) is 30.3. The van der Waals surface area contributed by atoms with Crippen LogP contribution in [0.4, 0.5) is 35.9 Å². The van der Waals surface area contributed by atoms with Crippen LogP contribution >= 0.6 is 22.9 Å². The van der Waals surface area contributed by atoms with E-state index in [-0.39, 0.29) is 16.9 Å². The zero-order valence-electron chi connectivity index (χ0n) is 22.2. The average molecular weight is 628 g/mol. The molecule has 0 saturated carbocycles. The molecule has 0 bridgehead atoms. The molecule has 4 rings (SSSR count). The molecule has 0 atom stereocenters. The minimum Gasteiger partial charge on any atom is -0.491 e. The second kappa shape index (κ2) is 11.7. The maximum Gasteiger partial charge on any atom is 0.573 e. The van der Waals surface area contributed by atoms with E-state index in [1.807, 2.05) is 0 Å². The third kappa shape index (κ3) is 8.41. The highest BCUT2D eigenvalue weighted by Crippen LogP contribution is 2.37. The highest BCUT2D eigenvalue weighted by Gasteiger charge is 2.31. The van der Waals surface area contributed by atoms with Gasteiger partial charge in [0.1, 0.15) is 11.5 Å². The summed E-state index contributed by atoms with van der Waals surface area (Å²) in [6.45, 7) is 3.49. The Kier molecular flexibility index (Phi) is 8.62. The van der Waals surface area contributed by atoms with Crippen molar-refractivity contribution in [3.63, 3.8) is 0 Å². The lowest BCUT2D eigenvalue weighted by molar-refractivity contribution is -0.274. The number of halogens is 4. The van der Waals surface area contributed by atoms with Gasteiger partial charge >= 0.3 is 6.36 Å². The van der Waals surface area contributed by atoms with E-state index < -0.39 is 28.0 Å². The Bertz CT molecular complexity index is 1710. The number of rotatable bonds is 9. The molecule has 0 saturated heterocycles. The number of benzene rings is 3. The molecular formula is C27H25ClF3N3O5S2. The second-order valence-electron chi connectivity index (χ2n) is 9.33. The Morgan fingerprint density at radius 3 is 2.32 bits per heavy atom. The summed E-state index contributed by atoms with van der Waals surface area (Å²) in [5, 5.41) is 3.75. The first-order valence-corrected chi connectivity index (χ1v) is 15.1. The molecule has 0 aliphatic rings. The van der Waals surface area contributed by atoms with Gasteiger partial charge in [0.05, 0.1) is 17.2 Å². The minimum absolute atomic E-state index is 0.179. The molecule has 0 aliphatic heterocycles. The molecule has 4 aromatic rings. The van der Waals surface area contributed by atoms with Gasteiger partial charge in [-0.3, -0.25) is 9.52 Å². The van der Waals surface area contributed by atoms with Gasteiger partial charge in [0.15, 0.2) is 0 Å². The number of nitrogens with zero attached hydrogens (tertiary/aromatic N) is 1. The summed E-state index contributed by atoms with van der Waals surface area (Å²) in [5.74, 6) is -0.695. The molecule has 0 fully saturated rings. The third-order valence-corrected chi connectivity index (χ3v) is 7.37. The largest absolute Gasteiger partial charge is 0.573 e. The Labute approximate surface area is 243 Å². The van der Waals surface area contributed by atoms with Crippen molar-refractivity contribution in [1.82, 2.24) is 0 Å². The van der Waals surface area contributed by atoms with Crippen LogP contribution in [0.3, 0.4) is 0 Å². The fraction of sp³-hybridized carbons (Fsp3) is 0.222. The molecule has 0 unspecified atom stereocenters. The van der Waals surface area contributed by atoms with Crippen molar-refractivity contribution < 1.29 is 35.9 Å². The highest BCUT2D eigenvalue weighted by molar-refractivity contribution is 7.92. The summed E-state index contributed by atoms with van der Waals surface area (Å²) in [5.41, 5.74) is 1.52. The standard InChI is InChI=1S/C27H25ClF3N3O5S2/c1-15(2)38-22-12-21(13-23(14-22)39-27(29,30)31)34(3)20-10-17(28)9-19(11-20)32-26(35)25-8-16-7-18(33-41(4,36)37)5-6-24(16)40-25/h5-15,33H,1-4H3,(H,32,35). The van der Waals surface area contributed by atoms with Crippen molar-refractivity contribution >= 4 is 71.7 Å². The molecule has 0 radical (unpaired) electrons. The lowest BCUT2D eigenvalue weighted by Gasteiger charge is -2.23. The lowest BCUT2D eigenvalue weighted by atomic mass is 10.2. The van der Waals surface area contributed by atoms with Gasteiger partial charge in [0, 0.05) is 57.7 Å². The smallest absolute Gasteiger partial charge is 0.491 e. The Morgan fingerprint density at radius 2 is 1.66 bits per heavy atom. The van der Waals surface area contributed by atoms with Crippen LogP contribution in [-0.2, 0) is 10.0 Å². The van der Waals surface area contributed by atoms with Gasteiger partial charge in [0.25, 0.3) is 5.91 Å². The first-order valence-electron chi connectivity index (χ1n) is 12.0. The number of anilines is 4. The van der Waals surface area contributed by atoms with Gasteiger partial charge in [-0.15, -0.1) is 24.5 Å². The number of nitrogens with one attached hydrogen (secondary N) is 2. The quantitative estimate of drug-likeness (QED) is 0.198. The van der Waals surface area contributed by atoms with Gasteiger partial charge in [-0.05, 0) is 61.7 Å². The number of ether oxygens (including phenoxy) is 2. The van der Waals surface area contributed by atoms with Gasteiger partial charge in [-0.1, -0.05) is 11.6 Å². The van der Waals surface area contributed by atoms with E-state index in [0.717, 1.165) is 17.0 Å². The first-order chi connectivity index (χ1) is 19.0. The summed E-state index contributed by atoms with van der Waals surface area (Å²) in [6.07, 6.45) is -4.14. The predicted molar refractivity (Wildman–Crippen MR) is 157 cm³/mol. The summed E-state index contributed by atoms with van der Waals surface area (Å²) in [6, 6.07) is 15.3. The zero-order chi connectivity index (χ0) is 30.1. The van der Waals surface area contributed by atoms with Crippen LogP contribution in [0.2, 0.25) is 5.02 Å². The van der Waals surface area contributed by atoms with Crippen molar-refractivity contribution in [2.75, 3.05) is 28.2 Å². The van der Waals surface area contributed by atoms with Crippen LogP contribution in [-0.4, -0.2) is 40.1 Å². The monoisotopic (exact) mass is 627 g/mol. The van der Waals surface area contributed by atoms with Crippen LogP contribution < -0.4 is 24.4 Å². The van der Waals surface area contributed by atoms with Crippen molar-refractivity contribution in [2.45, 2.75) is 26.3 Å². The molecule has 41 heavy (non-hydrogen) atoms. The summed E-state index contributed by atoms with van der Waals surface area (Å²) in [7, 11) is -1.83. The van der Waals surface area contributed by atoms with Crippen LogP contribution in [0.25, 0.3) is 10.1 Å². The maximum atomic E-state index is 13.1. The molecule has 0 spiro atoms. The topological polar surface area (TPSA) is 97.0 Å². The molecule has 1 heterocycles. The van der Waals surface area contributed by atoms with Crippen molar-refractivity contribution in [1.29, 1.82) is 0 Å². The van der Waals surface area contributed by atoms with E-state index in [9.17, 15) is 26.4 Å². The lowest BCUT2D eigenvalue weighted by Crippen LogP contribution is -2.18. The number of sulfonamides is 1. The van der Waals surface area contributed by atoms with Crippen molar-refractivity contribution in [3.8, 4) is 11.5 Å². The number of carbonyl (C=O) groups is 1. The number of thiophene rings is 1. The van der Waals surface area contributed by atoms with Crippen LogP contribution in [0, 0.1) is 0 Å². The number of carbonyl (C=O) groups excluding carboxylic acids is 1. The normalized spacial score (nSPS) is 11.9. The number of alkyl halides is 3. The van der Waals surface area contributed by atoms with Crippen LogP contribution in [0.15, 0.2) is 60.7 Å².